The highest BCUT2D eigenvalue weighted by atomic mass is 19.4. The Morgan fingerprint density at radius 2 is 1.31 bits per heavy atom. The predicted molar refractivity (Wildman–Crippen MR) is 121 cm³/mol. The van der Waals surface area contributed by atoms with Gasteiger partial charge in [-0.15, -0.1) is 10.2 Å². The fourth-order valence-corrected chi connectivity index (χ4v) is 4.19. The third-order valence-corrected chi connectivity index (χ3v) is 5.83. The van der Waals surface area contributed by atoms with Crippen molar-refractivity contribution >= 4 is 22.3 Å². The van der Waals surface area contributed by atoms with Crippen LogP contribution in [0.25, 0.3) is 22.0 Å². The Hall–Kier alpha value is -3.61. The molecule has 0 atom stereocenters. The summed E-state index contributed by atoms with van der Waals surface area (Å²) in [7, 11) is 0. The van der Waals surface area contributed by atoms with E-state index < -0.39 is 11.7 Å². The highest BCUT2D eigenvalue weighted by Gasteiger charge is 2.31. The molecule has 1 saturated heterocycles. The number of hydrogen-bond donors (Lipinski definition) is 0. The van der Waals surface area contributed by atoms with Crippen LogP contribution in [0.1, 0.15) is 5.56 Å². The summed E-state index contributed by atoms with van der Waals surface area (Å²) in [5.41, 5.74) is 1.82. The quantitative estimate of drug-likeness (QED) is 0.418. The lowest BCUT2D eigenvalue weighted by molar-refractivity contribution is -0.137. The number of aromatic nitrogens is 2. The molecule has 1 aliphatic rings. The van der Waals surface area contributed by atoms with Gasteiger partial charge in [0.05, 0.1) is 5.56 Å². The normalized spacial score (nSPS) is 14.7. The summed E-state index contributed by atoms with van der Waals surface area (Å²) in [6, 6.07) is 23.6. The Balaban J connectivity index is 1.40. The number of piperazine rings is 1. The summed E-state index contributed by atoms with van der Waals surface area (Å²) in [5.74, 6) is 0.809. The average molecular weight is 434 g/mol. The first-order valence-corrected chi connectivity index (χ1v) is 10.5. The Morgan fingerprint density at radius 1 is 0.656 bits per heavy atom. The van der Waals surface area contributed by atoms with Crippen molar-refractivity contribution in [2.45, 2.75) is 6.18 Å². The lowest BCUT2D eigenvalue weighted by Gasteiger charge is -2.37. The van der Waals surface area contributed by atoms with Crippen LogP contribution in [0.3, 0.4) is 0 Å². The molecule has 5 rings (SSSR count). The first-order chi connectivity index (χ1) is 15.5. The zero-order valence-electron chi connectivity index (χ0n) is 17.3. The van der Waals surface area contributed by atoms with Crippen molar-refractivity contribution in [3.63, 3.8) is 0 Å². The van der Waals surface area contributed by atoms with Crippen LogP contribution in [-0.4, -0.2) is 36.4 Å². The number of fused-ring (bicyclic) bond motifs is 1. The largest absolute Gasteiger partial charge is 0.416 e. The smallest absolute Gasteiger partial charge is 0.368 e. The van der Waals surface area contributed by atoms with Gasteiger partial charge in [-0.05, 0) is 18.2 Å². The molecule has 2 heterocycles. The number of alkyl halides is 3. The first kappa shape index (κ1) is 20.3. The highest BCUT2D eigenvalue weighted by molar-refractivity contribution is 6.00. The number of benzene rings is 3. The second-order valence-corrected chi connectivity index (χ2v) is 7.81. The SMILES string of the molecule is FC(F)(F)c1cccc(N2CCN(c3nnc(-c4ccccc4)c4ccccc34)CC2)c1. The molecular formula is C25H21F3N4. The molecule has 1 aromatic heterocycles. The van der Waals surface area contributed by atoms with Gasteiger partial charge in [0.15, 0.2) is 5.82 Å². The molecule has 1 aliphatic heterocycles. The predicted octanol–water partition coefficient (Wildman–Crippen LogP) is 5.64. The third-order valence-electron chi connectivity index (χ3n) is 5.83. The van der Waals surface area contributed by atoms with E-state index in [0.717, 1.165) is 33.9 Å². The molecule has 3 aromatic carbocycles. The van der Waals surface area contributed by atoms with E-state index in [9.17, 15) is 13.2 Å². The molecule has 0 N–H and O–H groups in total. The topological polar surface area (TPSA) is 32.3 Å². The molecule has 0 bridgehead atoms. The van der Waals surface area contributed by atoms with Gasteiger partial charge in [-0.25, -0.2) is 0 Å². The standard InChI is InChI=1S/C25H21F3N4/c26-25(27,28)19-9-6-10-20(17-19)31-13-15-32(16-14-31)24-22-12-5-4-11-21(22)23(29-30-24)18-7-2-1-3-8-18/h1-12,17H,13-16H2. The van der Waals surface area contributed by atoms with E-state index in [-0.39, 0.29) is 0 Å². The van der Waals surface area contributed by atoms with Crippen LogP contribution >= 0.6 is 0 Å². The van der Waals surface area contributed by atoms with Crippen molar-refractivity contribution < 1.29 is 13.2 Å². The molecule has 0 radical (unpaired) electrons. The zero-order chi connectivity index (χ0) is 22.1. The number of anilines is 2. The lowest BCUT2D eigenvalue weighted by atomic mass is 10.0. The van der Waals surface area contributed by atoms with Crippen LogP contribution in [0.4, 0.5) is 24.7 Å². The van der Waals surface area contributed by atoms with E-state index in [2.05, 4.69) is 21.2 Å². The summed E-state index contributed by atoms with van der Waals surface area (Å²) in [6.45, 7) is 2.52. The molecule has 1 fully saturated rings. The minimum absolute atomic E-state index is 0.592. The molecule has 0 unspecified atom stereocenters. The minimum Gasteiger partial charge on any atom is -0.368 e. The van der Waals surface area contributed by atoms with E-state index in [1.54, 1.807) is 6.07 Å². The van der Waals surface area contributed by atoms with Crippen molar-refractivity contribution in [1.29, 1.82) is 0 Å². The molecule has 4 aromatic rings. The Bertz CT molecular complexity index is 1230. The van der Waals surface area contributed by atoms with Crippen LogP contribution < -0.4 is 9.80 Å². The summed E-state index contributed by atoms with van der Waals surface area (Å²) < 4.78 is 39.2. The molecule has 32 heavy (non-hydrogen) atoms. The fraction of sp³-hybridized carbons (Fsp3) is 0.200. The molecule has 4 nitrogen and oxygen atoms in total. The molecule has 0 amide bonds. The average Bonchev–Trinajstić information content (AvgIpc) is 2.84. The summed E-state index contributed by atoms with van der Waals surface area (Å²) in [5, 5.41) is 11.2. The number of halogens is 3. The summed E-state index contributed by atoms with van der Waals surface area (Å²) >= 11 is 0. The minimum atomic E-state index is -4.34. The van der Waals surface area contributed by atoms with Crippen LogP contribution in [-0.2, 0) is 6.18 Å². The van der Waals surface area contributed by atoms with Crippen molar-refractivity contribution in [3.05, 3.63) is 84.4 Å². The summed E-state index contributed by atoms with van der Waals surface area (Å²) in [6.07, 6.45) is -4.34. The van der Waals surface area contributed by atoms with Gasteiger partial charge in [0.25, 0.3) is 0 Å². The van der Waals surface area contributed by atoms with E-state index in [0.29, 0.717) is 31.9 Å². The number of hydrogen-bond acceptors (Lipinski definition) is 4. The Kier molecular flexibility index (Phi) is 5.17. The third kappa shape index (κ3) is 3.86. The van der Waals surface area contributed by atoms with Gasteiger partial charge in [0.2, 0.25) is 0 Å². The van der Waals surface area contributed by atoms with Crippen LogP contribution in [0, 0.1) is 0 Å². The molecular weight excluding hydrogens is 413 g/mol. The van der Waals surface area contributed by atoms with Gasteiger partial charge in [0.1, 0.15) is 5.69 Å². The molecule has 0 spiro atoms. The van der Waals surface area contributed by atoms with Gasteiger partial charge >= 0.3 is 6.18 Å². The Morgan fingerprint density at radius 3 is 2.03 bits per heavy atom. The fourth-order valence-electron chi connectivity index (χ4n) is 4.19. The molecule has 0 saturated carbocycles. The van der Waals surface area contributed by atoms with E-state index in [1.807, 2.05) is 53.4 Å². The van der Waals surface area contributed by atoms with Crippen molar-refractivity contribution in [3.8, 4) is 11.3 Å². The van der Waals surface area contributed by atoms with Gasteiger partial charge in [-0.3, -0.25) is 0 Å². The van der Waals surface area contributed by atoms with Crippen molar-refractivity contribution in [1.82, 2.24) is 10.2 Å². The number of nitrogens with zero attached hydrogens (tertiary/aromatic N) is 4. The van der Waals surface area contributed by atoms with Crippen molar-refractivity contribution in [2.24, 2.45) is 0 Å². The van der Waals surface area contributed by atoms with Gasteiger partial charge in [-0.2, -0.15) is 13.2 Å². The second-order valence-electron chi connectivity index (χ2n) is 7.81. The van der Waals surface area contributed by atoms with Gasteiger partial charge in [0, 0.05) is 48.2 Å². The highest BCUT2D eigenvalue weighted by Crippen LogP contribution is 2.34. The van der Waals surface area contributed by atoms with Crippen molar-refractivity contribution in [2.75, 3.05) is 36.0 Å². The summed E-state index contributed by atoms with van der Waals surface area (Å²) in [4.78, 5) is 4.15. The molecule has 0 aliphatic carbocycles. The van der Waals surface area contributed by atoms with E-state index in [1.165, 1.54) is 12.1 Å². The maximum absolute atomic E-state index is 13.1. The lowest BCUT2D eigenvalue weighted by Crippen LogP contribution is -2.47. The molecule has 7 heteroatoms. The van der Waals surface area contributed by atoms with Gasteiger partial charge < -0.3 is 9.80 Å². The van der Waals surface area contributed by atoms with E-state index in [4.69, 9.17) is 0 Å². The maximum Gasteiger partial charge on any atom is 0.416 e. The van der Waals surface area contributed by atoms with Gasteiger partial charge in [-0.1, -0.05) is 60.7 Å². The monoisotopic (exact) mass is 434 g/mol. The second kappa shape index (κ2) is 8.15. The van der Waals surface area contributed by atoms with E-state index >= 15 is 0 Å². The van der Waals surface area contributed by atoms with Crippen LogP contribution in [0.15, 0.2) is 78.9 Å². The Labute approximate surface area is 183 Å². The first-order valence-electron chi connectivity index (χ1n) is 10.5. The number of rotatable bonds is 3. The van der Waals surface area contributed by atoms with Crippen LogP contribution in [0.2, 0.25) is 0 Å². The maximum atomic E-state index is 13.1. The zero-order valence-corrected chi connectivity index (χ0v) is 17.3. The molecule has 162 valence electrons. The van der Waals surface area contributed by atoms with Crippen LogP contribution in [0.5, 0.6) is 0 Å².